The lowest BCUT2D eigenvalue weighted by Gasteiger charge is -2.10. The summed E-state index contributed by atoms with van der Waals surface area (Å²) in [6, 6.07) is 4.72. The van der Waals surface area contributed by atoms with Crippen LogP contribution in [0.5, 0.6) is 5.75 Å². The number of rotatable bonds is 4. The van der Waals surface area contributed by atoms with Gasteiger partial charge in [0, 0.05) is 6.04 Å². The molecule has 2 N–H and O–H groups in total. The van der Waals surface area contributed by atoms with Gasteiger partial charge in [-0.2, -0.15) is 0 Å². The Hall–Kier alpha value is -0.870. The SMILES string of the molecule is CC(N)c1ccc(OCC(F)F)c(Cl)c1. The monoisotopic (exact) mass is 235 g/mol. The molecule has 84 valence electrons. The number of ether oxygens (including phenoxy) is 1. The van der Waals surface area contributed by atoms with Crippen LogP contribution in [-0.2, 0) is 0 Å². The predicted octanol–water partition coefficient (Wildman–Crippen LogP) is 3.00. The largest absolute Gasteiger partial charge is 0.486 e. The molecular weight excluding hydrogens is 224 g/mol. The van der Waals surface area contributed by atoms with E-state index in [1.165, 1.54) is 0 Å². The van der Waals surface area contributed by atoms with Crippen LogP contribution in [0.2, 0.25) is 5.02 Å². The zero-order chi connectivity index (χ0) is 11.4. The Labute approximate surface area is 92.0 Å². The Kier molecular flexibility index (Phi) is 4.29. The van der Waals surface area contributed by atoms with E-state index in [9.17, 15) is 8.78 Å². The first-order valence-electron chi connectivity index (χ1n) is 4.46. The molecular formula is C10H12ClF2NO. The first-order valence-corrected chi connectivity index (χ1v) is 4.84. The van der Waals surface area contributed by atoms with Crippen LogP contribution < -0.4 is 10.5 Å². The minimum atomic E-state index is -2.51. The second-order valence-electron chi connectivity index (χ2n) is 3.18. The molecule has 0 spiro atoms. The molecule has 0 bridgehead atoms. The van der Waals surface area contributed by atoms with Crippen molar-refractivity contribution in [3.05, 3.63) is 28.8 Å². The van der Waals surface area contributed by atoms with E-state index in [-0.39, 0.29) is 11.8 Å². The van der Waals surface area contributed by atoms with Crippen molar-refractivity contribution < 1.29 is 13.5 Å². The van der Waals surface area contributed by atoms with E-state index in [4.69, 9.17) is 22.1 Å². The third kappa shape index (κ3) is 3.64. The van der Waals surface area contributed by atoms with E-state index in [1.54, 1.807) is 18.2 Å². The van der Waals surface area contributed by atoms with E-state index in [0.717, 1.165) is 5.56 Å². The van der Waals surface area contributed by atoms with Gasteiger partial charge in [0.15, 0.2) is 0 Å². The second kappa shape index (κ2) is 5.28. The number of hydrogen-bond acceptors (Lipinski definition) is 2. The van der Waals surface area contributed by atoms with Crippen molar-refractivity contribution in [1.82, 2.24) is 0 Å². The predicted molar refractivity (Wildman–Crippen MR) is 55.6 cm³/mol. The van der Waals surface area contributed by atoms with Crippen LogP contribution >= 0.6 is 11.6 Å². The number of halogens is 3. The van der Waals surface area contributed by atoms with Gasteiger partial charge in [-0.3, -0.25) is 0 Å². The molecule has 0 amide bonds. The lowest BCUT2D eigenvalue weighted by atomic mass is 10.1. The Morgan fingerprint density at radius 3 is 2.60 bits per heavy atom. The van der Waals surface area contributed by atoms with E-state index in [2.05, 4.69) is 0 Å². The average molecular weight is 236 g/mol. The van der Waals surface area contributed by atoms with Gasteiger partial charge in [-0.1, -0.05) is 17.7 Å². The van der Waals surface area contributed by atoms with Crippen LogP contribution in [0, 0.1) is 0 Å². The lowest BCUT2D eigenvalue weighted by molar-refractivity contribution is 0.0819. The molecule has 0 radical (unpaired) electrons. The van der Waals surface area contributed by atoms with Crippen molar-refractivity contribution >= 4 is 11.6 Å². The number of alkyl halides is 2. The maximum absolute atomic E-state index is 11.9. The summed E-state index contributed by atoms with van der Waals surface area (Å²) in [7, 11) is 0. The molecule has 1 aromatic rings. The zero-order valence-electron chi connectivity index (χ0n) is 8.21. The molecule has 0 saturated heterocycles. The smallest absolute Gasteiger partial charge is 0.272 e. The Morgan fingerprint density at radius 1 is 1.47 bits per heavy atom. The van der Waals surface area contributed by atoms with Crippen molar-refractivity contribution in [2.75, 3.05) is 6.61 Å². The van der Waals surface area contributed by atoms with Gasteiger partial charge in [0.25, 0.3) is 6.43 Å². The van der Waals surface area contributed by atoms with Crippen LogP contribution in [-0.4, -0.2) is 13.0 Å². The van der Waals surface area contributed by atoms with Crippen molar-refractivity contribution in [2.45, 2.75) is 19.4 Å². The van der Waals surface area contributed by atoms with E-state index >= 15 is 0 Å². The fraction of sp³-hybridized carbons (Fsp3) is 0.400. The van der Waals surface area contributed by atoms with E-state index < -0.39 is 13.0 Å². The van der Waals surface area contributed by atoms with Gasteiger partial charge in [-0.25, -0.2) is 8.78 Å². The van der Waals surface area contributed by atoms with Gasteiger partial charge in [-0.15, -0.1) is 0 Å². The fourth-order valence-electron chi connectivity index (χ4n) is 1.07. The molecule has 0 aromatic heterocycles. The molecule has 0 aliphatic carbocycles. The Bertz CT molecular complexity index is 331. The molecule has 0 fully saturated rings. The zero-order valence-corrected chi connectivity index (χ0v) is 8.97. The minimum absolute atomic E-state index is 0.147. The Balaban J connectivity index is 2.75. The quantitative estimate of drug-likeness (QED) is 0.871. The van der Waals surface area contributed by atoms with E-state index in [0.29, 0.717) is 5.02 Å². The fourth-order valence-corrected chi connectivity index (χ4v) is 1.31. The lowest BCUT2D eigenvalue weighted by Crippen LogP contribution is -2.08. The molecule has 1 atom stereocenters. The first-order chi connectivity index (χ1) is 7.00. The van der Waals surface area contributed by atoms with Gasteiger partial charge in [0.05, 0.1) is 5.02 Å². The Morgan fingerprint density at radius 2 is 2.13 bits per heavy atom. The highest BCUT2D eigenvalue weighted by molar-refractivity contribution is 6.32. The maximum atomic E-state index is 11.9. The van der Waals surface area contributed by atoms with Gasteiger partial charge in [-0.05, 0) is 24.6 Å². The summed E-state index contributed by atoms with van der Waals surface area (Å²) in [4.78, 5) is 0. The van der Waals surface area contributed by atoms with Crippen molar-refractivity contribution in [1.29, 1.82) is 0 Å². The summed E-state index contributed by atoms with van der Waals surface area (Å²) in [5, 5.41) is 0.297. The van der Waals surface area contributed by atoms with Crippen LogP contribution in [0.4, 0.5) is 8.78 Å². The standard InChI is InChI=1S/C10H12ClF2NO/c1-6(14)7-2-3-9(8(11)4-7)15-5-10(12)13/h2-4,6,10H,5,14H2,1H3. The summed E-state index contributed by atoms with van der Waals surface area (Å²) in [6.07, 6.45) is -2.51. The maximum Gasteiger partial charge on any atom is 0.272 e. The van der Waals surface area contributed by atoms with Crippen LogP contribution in [0.3, 0.4) is 0 Å². The van der Waals surface area contributed by atoms with Gasteiger partial charge in [0.1, 0.15) is 12.4 Å². The van der Waals surface area contributed by atoms with Gasteiger partial charge < -0.3 is 10.5 Å². The molecule has 0 heterocycles. The minimum Gasteiger partial charge on any atom is -0.486 e. The molecule has 0 aliphatic heterocycles. The summed E-state index contributed by atoms with van der Waals surface area (Å²) >= 11 is 5.83. The number of nitrogens with two attached hydrogens (primary N) is 1. The number of benzene rings is 1. The van der Waals surface area contributed by atoms with Crippen molar-refractivity contribution in [3.63, 3.8) is 0 Å². The molecule has 15 heavy (non-hydrogen) atoms. The molecule has 2 nitrogen and oxygen atoms in total. The second-order valence-corrected chi connectivity index (χ2v) is 3.59. The van der Waals surface area contributed by atoms with Crippen molar-refractivity contribution in [2.24, 2.45) is 5.73 Å². The summed E-state index contributed by atoms with van der Waals surface area (Å²) in [5.41, 5.74) is 6.47. The average Bonchev–Trinajstić information content (AvgIpc) is 2.15. The van der Waals surface area contributed by atoms with Crippen LogP contribution in [0.1, 0.15) is 18.5 Å². The molecule has 0 aliphatic rings. The molecule has 1 rings (SSSR count). The third-order valence-corrected chi connectivity index (χ3v) is 2.14. The highest BCUT2D eigenvalue weighted by atomic mass is 35.5. The van der Waals surface area contributed by atoms with Crippen LogP contribution in [0.15, 0.2) is 18.2 Å². The third-order valence-electron chi connectivity index (χ3n) is 1.85. The highest BCUT2D eigenvalue weighted by Crippen LogP contribution is 2.27. The molecule has 5 heteroatoms. The van der Waals surface area contributed by atoms with Gasteiger partial charge >= 0.3 is 0 Å². The van der Waals surface area contributed by atoms with E-state index in [1.807, 2.05) is 6.92 Å². The first kappa shape index (κ1) is 12.2. The summed E-state index contributed by atoms with van der Waals surface area (Å²) < 4.78 is 28.6. The summed E-state index contributed by atoms with van der Waals surface area (Å²) in [5.74, 6) is 0.251. The molecule has 0 saturated carbocycles. The highest BCUT2D eigenvalue weighted by Gasteiger charge is 2.08. The van der Waals surface area contributed by atoms with Crippen molar-refractivity contribution in [3.8, 4) is 5.75 Å². The number of hydrogen-bond donors (Lipinski definition) is 1. The molecule has 1 aromatic carbocycles. The molecule has 1 unspecified atom stereocenters. The van der Waals surface area contributed by atoms with Crippen LogP contribution in [0.25, 0.3) is 0 Å². The van der Waals surface area contributed by atoms with Gasteiger partial charge in [0.2, 0.25) is 0 Å². The topological polar surface area (TPSA) is 35.2 Å². The normalized spacial score (nSPS) is 12.9. The summed E-state index contributed by atoms with van der Waals surface area (Å²) in [6.45, 7) is 1.16.